The van der Waals surface area contributed by atoms with Crippen LogP contribution in [-0.4, -0.2) is 37.0 Å². The summed E-state index contributed by atoms with van der Waals surface area (Å²) in [5.74, 6) is -2.34. The third kappa shape index (κ3) is 4.55. The molecule has 11 heteroatoms. The van der Waals surface area contributed by atoms with Crippen LogP contribution in [0.2, 0.25) is 0 Å². The molecule has 0 amide bonds. The highest BCUT2D eigenvalue weighted by Gasteiger charge is 2.22. The first kappa shape index (κ1) is 26.5. The molecular formula is C29H26FN5O5. The van der Waals surface area contributed by atoms with Crippen LogP contribution >= 0.6 is 0 Å². The van der Waals surface area contributed by atoms with Crippen LogP contribution in [0.4, 0.5) is 10.2 Å². The number of benzene rings is 3. The summed E-state index contributed by atoms with van der Waals surface area (Å²) < 4.78 is 21.7. The number of carbonyl (C=O) groups excluding carboxylic acids is 1. The minimum absolute atomic E-state index is 0.0711. The number of ether oxygens (including phenoxy) is 1. The van der Waals surface area contributed by atoms with E-state index < -0.39 is 23.3 Å². The number of halogens is 1. The molecule has 10 nitrogen and oxygen atoms in total. The Kier molecular flexibility index (Phi) is 6.37. The number of rotatable bonds is 5. The third-order valence-corrected chi connectivity index (χ3v) is 6.75. The fourth-order valence-electron chi connectivity index (χ4n) is 4.67. The molecular weight excluding hydrogens is 517 g/mol. The molecule has 0 spiro atoms. The average Bonchev–Trinajstić information content (AvgIpc) is 3.26. The molecule has 0 saturated heterocycles. The van der Waals surface area contributed by atoms with Crippen molar-refractivity contribution in [1.29, 1.82) is 0 Å². The maximum Gasteiger partial charge on any atom is 0.337 e. The van der Waals surface area contributed by atoms with E-state index >= 15 is 4.39 Å². The number of esters is 1. The molecule has 0 fully saturated rings. The highest BCUT2D eigenvalue weighted by atomic mass is 19.1. The quantitative estimate of drug-likeness (QED) is 0.270. The van der Waals surface area contributed by atoms with Crippen molar-refractivity contribution in [2.24, 2.45) is 0 Å². The average molecular weight is 544 g/mol. The number of anilines is 1. The van der Waals surface area contributed by atoms with Gasteiger partial charge in [-0.05, 0) is 52.4 Å². The number of nitrogens with one attached hydrogen (secondary N) is 1. The van der Waals surface area contributed by atoms with Crippen molar-refractivity contribution < 1.29 is 23.8 Å². The van der Waals surface area contributed by atoms with Gasteiger partial charge in [-0.1, -0.05) is 32.9 Å². The first-order valence-corrected chi connectivity index (χ1v) is 12.4. The van der Waals surface area contributed by atoms with Gasteiger partial charge in [0.05, 0.1) is 28.4 Å². The highest BCUT2D eigenvalue weighted by molar-refractivity contribution is 6.07. The molecule has 0 saturated carbocycles. The van der Waals surface area contributed by atoms with Crippen molar-refractivity contribution in [2.75, 3.05) is 5.73 Å². The predicted molar refractivity (Wildman–Crippen MR) is 148 cm³/mol. The van der Waals surface area contributed by atoms with E-state index in [9.17, 15) is 19.5 Å². The lowest BCUT2D eigenvalue weighted by Gasteiger charge is -2.20. The number of carboxylic acids is 1. The second kappa shape index (κ2) is 9.60. The Morgan fingerprint density at radius 1 is 1.18 bits per heavy atom. The largest absolute Gasteiger partial charge is 0.478 e. The van der Waals surface area contributed by atoms with Gasteiger partial charge in [0.15, 0.2) is 5.82 Å². The van der Waals surface area contributed by atoms with Gasteiger partial charge >= 0.3 is 11.9 Å². The number of H-pyrrole nitrogens is 1. The minimum atomic E-state index is -1.20. The highest BCUT2D eigenvalue weighted by Crippen LogP contribution is 2.34. The molecule has 5 rings (SSSR count). The van der Waals surface area contributed by atoms with E-state index in [0.717, 1.165) is 10.2 Å². The van der Waals surface area contributed by atoms with Crippen LogP contribution in [0.5, 0.6) is 0 Å². The zero-order chi connectivity index (χ0) is 28.9. The molecule has 0 atom stereocenters. The minimum Gasteiger partial charge on any atom is -0.478 e. The van der Waals surface area contributed by atoms with E-state index in [0.29, 0.717) is 27.5 Å². The summed E-state index contributed by atoms with van der Waals surface area (Å²) in [4.78, 5) is 37.4. The topological polar surface area (TPSA) is 153 Å². The van der Waals surface area contributed by atoms with Crippen LogP contribution in [0.15, 0.2) is 53.5 Å². The lowest BCUT2D eigenvalue weighted by molar-refractivity contribution is -0.142. The number of hydrogen-bond acceptors (Lipinski definition) is 7. The summed E-state index contributed by atoms with van der Waals surface area (Å²) in [6.07, 6.45) is 1.41. The second-order valence-corrected chi connectivity index (χ2v) is 10.5. The van der Waals surface area contributed by atoms with E-state index in [1.165, 1.54) is 25.3 Å². The Morgan fingerprint density at radius 2 is 1.93 bits per heavy atom. The summed E-state index contributed by atoms with van der Waals surface area (Å²) in [5.41, 5.74) is 7.32. The van der Waals surface area contributed by atoms with Crippen molar-refractivity contribution in [3.8, 4) is 16.8 Å². The normalized spacial score (nSPS) is 11.7. The predicted octanol–water partition coefficient (Wildman–Crippen LogP) is 4.71. The van der Waals surface area contributed by atoms with Crippen LogP contribution in [0.25, 0.3) is 38.5 Å². The van der Waals surface area contributed by atoms with Crippen LogP contribution in [0.1, 0.15) is 49.2 Å². The Bertz CT molecular complexity index is 1900. The van der Waals surface area contributed by atoms with Crippen molar-refractivity contribution in [3.63, 3.8) is 0 Å². The summed E-state index contributed by atoms with van der Waals surface area (Å²) >= 11 is 0. The number of aromatic carboxylic acids is 1. The van der Waals surface area contributed by atoms with Gasteiger partial charge in [-0.25, -0.2) is 9.18 Å². The standard InChI is InChI=1S/C29H26FN5O5/c1-14(36)40-13-21-18(15-9-19-25(33-34-26(19)31)20(10-15)28(38)39)6-5-7-23(21)35-27(37)24-16(12-32-35)8-17(11-22(24)30)29(2,3)4/h5-12H,13H2,1-4H3,(H,38,39)(H3,31,33,34). The molecule has 40 heavy (non-hydrogen) atoms. The van der Waals surface area contributed by atoms with Gasteiger partial charge in [-0.2, -0.15) is 14.9 Å². The molecule has 0 aliphatic heterocycles. The Hall–Kier alpha value is -5.06. The van der Waals surface area contributed by atoms with Gasteiger partial charge in [0.25, 0.3) is 5.56 Å². The fourth-order valence-corrected chi connectivity index (χ4v) is 4.67. The Balaban J connectivity index is 1.78. The number of nitrogens with zero attached hydrogens (tertiary/aromatic N) is 3. The van der Waals surface area contributed by atoms with Crippen LogP contribution in [0.3, 0.4) is 0 Å². The summed E-state index contributed by atoms with van der Waals surface area (Å²) in [6, 6.07) is 11.1. The van der Waals surface area contributed by atoms with E-state index in [2.05, 4.69) is 15.3 Å². The molecule has 3 aromatic carbocycles. The zero-order valence-corrected chi connectivity index (χ0v) is 22.2. The number of carboxylic acid groups (broad SMARTS) is 1. The van der Waals surface area contributed by atoms with Crippen molar-refractivity contribution in [3.05, 3.63) is 81.5 Å². The third-order valence-electron chi connectivity index (χ3n) is 6.75. The summed E-state index contributed by atoms with van der Waals surface area (Å²) in [7, 11) is 0. The first-order chi connectivity index (χ1) is 18.9. The molecule has 2 aromatic heterocycles. The monoisotopic (exact) mass is 543 g/mol. The van der Waals surface area contributed by atoms with Gasteiger partial charge in [0.2, 0.25) is 0 Å². The number of aromatic nitrogens is 4. The van der Waals surface area contributed by atoms with Gasteiger partial charge in [-0.3, -0.25) is 14.7 Å². The van der Waals surface area contributed by atoms with E-state index in [1.54, 1.807) is 30.3 Å². The molecule has 0 aliphatic carbocycles. The lowest BCUT2D eigenvalue weighted by Crippen LogP contribution is -2.24. The number of fused-ring (bicyclic) bond motifs is 2. The van der Waals surface area contributed by atoms with Crippen molar-refractivity contribution >= 4 is 39.4 Å². The van der Waals surface area contributed by atoms with E-state index in [4.69, 9.17) is 10.5 Å². The molecule has 0 aliphatic rings. The van der Waals surface area contributed by atoms with Gasteiger partial charge in [-0.15, -0.1) is 0 Å². The Morgan fingerprint density at radius 3 is 2.60 bits per heavy atom. The maximum absolute atomic E-state index is 15.3. The van der Waals surface area contributed by atoms with Crippen LogP contribution in [-0.2, 0) is 21.6 Å². The summed E-state index contributed by atoms with van der Waals surface area (Å²) in [6.45, 7) is 6.81. The lowest BCUT2D eigenvalue weighted by atomic mass is 9.86. The molecule has 0 bridgehead atoms. The van der Waals surface area contributed by atoms with Crippen LogP contribution in [0, 0.1) is 5.82 Å². The van der Waals surface area contributed by atoms with Gasteiger partial charge in [0, 0.05) is 23.3 Å². The number of hydrogen-bond donors (Lipinski definition) is 3. The van der Waals surface area contributed by atoms with Crippen molar-refractivity contribution in [2.45, 2.75) is 39.7 Å². The smallest absolute Gasteiger partial charge is 0.337 e. The van der Waals surface area contributed by atoms with Crippen LogP contribution < -0.4 is 11.3 Å². The number of nitrogen functional groups attached to an aromatic ring is 1. The molecule has 5 aromatic rings. The molecule has 2 heterocycles. The van der Waals surface area contributed by atoms with E-state index in [1.807, 2.05) is 20.8 Å². The second-order valence-electron chi connectivity index (χ2n) is 10.5. The fraction of sp³-hybridized carbons (Fsp3) is 0.207. The van der Waals surface area contributed by atoms with E-state index in [-0.39, 0.29) is 40.0 Å². The maximum atomic E-state index is 15.3. The molecule has 4 N–H and O–H groups in total. The molecule has 0 unspecified atom stereocenters. The first-order valence-electron chi connectivity index (χ1n) is 12.4. The van der Waals surface area contributed by atoms with Gasteiger partial charge < -0.3 is 15.6 Å². The number of carbonyl (C=O) groups is 2. The van der Waals surface area contributed by atoms with Gasteiger partial charge in [0.1, 0.15) is 12.4 Å². The molecule has 204 valence electrons. The molecule has 0 radical (unpaired) electrons. The SMILES string of the molecule is CC(=O)OCc1c(-c2cc(C(=O)O)c3[nH]nc(N)c3c2)cccc1-n1ncc2cc(C(C)(C)C)cc(F)c2c1=O. The summed E-state index contributed by atoms with van der Waals surface area (Å²) in [5, 5.41) is 21.3. The number of nitrogens with two attached hydrogens (primary N) is 1. The van der Waals surface area contributed by atoms with Crippen molar-refractivity contribution in [1.82, 2.24) is 20.0 Å². The Labute approximate surface area is 227 Å². The number of aromatic amines is 1. The zero-order valence-electron chi connectivity index (χ0n) is 22.2.